The lowest BCUT2D eigenvalue weighted by Crippen LogP contribution is -2.21. The van der Waals surface area contributed by atoms with Gasteiger partial charge in [0.05, 0.1) is 12.0 Å². The first-order chi connectivity index (χ1) is 7.95. The van der Waals surface area contributed by atoms with Crippen LogP contribution in [0.1, 0.15) is 20.8 Å². The van der Waals surface area contributed by atoms with E-state index in [2.05, 4.69) is 26.1 Å². The van der Waals surface area contributed by atoms with Crippen molar-refractivity contribution in [3.8, 4) is 5.75 Å². The normalized spacial score (nSPS) is 12.3. The Kier molecular flexibility index (Phi) is 4.31. The van der Waals surface area contributed by atoms with Gasteiger partial charge in [-0.05, 0) is 18.9 Å². The molecule has 1 rings (SSSR count). The predicted octanol–water partition coefficient (Wildman–Crippen LogP) is 3.06. The van der Waals surface area contributed by atoms with E-state index in [1.165, 1.54) is 13.2 Å². The second-order valence-electron chi connectivity index (χ2n) is 4.32. The summed E-state index contributed by atoms with van der Waals surface area (Å²) in [6.45, 7) is 6.29. The van der Waals surface area contributed by atoms with E-state index in [1.54, 1.807) is 12.1 Å². The van der Waals surface area contributed by atoms with E-state index in [4.69, 9.17) is 4.74 Å². The summed E-state index contributed by atoms with van der Waals surface area (Å²) < 4.78 is 5.01. The zero-order valence-electron chi connectivity index (χ0n) is 10.6. The smallest absolute Gasteiger partial charge is 0.311 e. The SMILES string of the molecule is COc1cc(NC(C)C(C)C)ccc1[N+](=O)[O-]. The molecule has 5 heteroatoms. The van der Waals surface area contributed by atoms with Gasteiger partial charge in [-0.25, -0.2) is 0 Å². The maximum absolute atomic E-state index is 10.7. The maximum Gasteiger partial charge on any atom is 0.311 e. The maximum atomic E-state index is 10.7. The average Bonchev–Trinajstić information content (AvgIpc) is 2.28. The highest BCUT2D eigenvalue weighted by Gasteiger charge is 2.15. The standard InChI is InChI=1S/C12H18N2O3/c1-8(2)9(3)13-10-5-6-11(14(15)16)12(7-10)17-4/h5-9,13H,1-4H3. The quantitative estimate of drug-likeness (QED) is 0.632. The molecule has 94 valence electrons. The zero-order chi connectivity index (χ0) is 13.0. The van der Waals surface area contributed by atoms with Crippen LogP contribution in [-0.2, 0) is 0 Å². The Morgan fingerprint density at radius 1 is 1.35 bits per heavy atom. The summed E-state index contributed by atoms with van der Waals surface area (Å²) in [6.07, 6.45) is 0. The average molecular weight is 238 g/mol. The van der Waals surface area contributed by atoms with Crippen molar-refractivity contribution in [1.82, 2.24) is 0 Å². The third-order valence-electron chi connectivity index (χ3n) is 2.77. The molecule has 0 bridgehead atoms. The van der Waals surface area contributed by atoms with Crippen molar-refractivity contribution in [2.24, 2.45) is 5.92 Å². The predicted molar refractivity (Wildman–Crippen MR) is 67.6 cm³/mol. The van der Waals surface area contributed by atoms with E-state index in [0.29, 0.717) is 12.0 Å². The fourth-order valence-electron chi connectivity index (χ4n) is 1.35. The van der Waals surface area contributed by atoms with Crippen LogP contribution in [-0.4, -0.2) is 18.1 Å². The minimum Gasteiger partial charge on any atom is -0.490 e. The van der Waals surface area contributed by atoms with Crippen LogP contribution >= 0.6 is 0 Å². The van der Waals surface area contributed by atoms with E-state index in [-0.39, 0.29) is 11.4 Å². The third-order valence-corrected chi connectivity index (χ3v) is 2.77. The van der Waals surface area contributed by atoms with Crippen LogP contribution in [0, 0.1) is 16.0 Å². The minimum absolute atomic E-state index is 0.0183. The molecule has 1 atom stereocenters. The molecule has 0 fully saturated rings. The highest BCUT2D eigenvalue weighted by Crippen LogP contribution is 2.30. The second-order valence-corrected chi connectivity index (χ2v) is 4.32. The molecule has 0 amide bonds. The van der Waals surface area contributed by atoms with Gasteiger partial charge in [0.2, 0.25) is 0 Å². The highest BCUT2D eigenvalue weighted by atomic mass is 16.6. The summed E-state index contributed by atoms with van der Waals surface area (Å²) in [4.78, 5) is 10.3. The number of hydrogen-bond acceptors (Lipinski definition) is 4. The first kappa shape index (κ1) is 13.3. The van der Waals surface area contributed by atoms with Crippen molar-refractivity contribution in [3.63, 3.8) is 0 Å². The van der Waals surface area contributed by atoms with E-state index in [1.807, 2.05) is 0 Å². The molecule has 1 aromatic rings. The van der Waals surface area contributed by atoms with Crippen molar-refractivity contribution in [2.45, 2.75) is 26.8 Å². The van der Waals surface area contributed by atoms with Gasteiger partial charge in [-0.3, -0.25) is 10.1 Å². The molecule has 0 spiro atoms. The number of ether oxygens (including phenoxy) is 1. The summed E-state index contributed by atoms with van der Waals surface area (Å²) in [5.41, 5.74) is 0.809. The monoisotopic (exact) mass is 238 g/mol. The lowest BCUT2D eigenvalue weighted by Gasteiger charge is -2.19. The molecule has 0 heterocycles. The largest absolute Gasteiger partial charge is 0.490 e. The van der Waals surface area contributed by atoms with Crippen molar-refractivity contribution in [2.75, 3.05) is 12.4 Å². The van der Waals surface area contributed by atoms with Gasteiger partial charge in [-0.15, -0.1) is 0 Å². The molecule has 0 saturated carbocycles. The molecule has 1 unspecified atom stereocenters. The lowest BCUT2D eigenvalue weighted by atomic mass is 10.1. The molecule has 1 N–H and O–H groups in total. The van der Waals surface area contributed by atoms with Gasteiger partial charge in [0, 0.05) is 23.9 Å². The summed E-state index contributed by atoms with van der Waals surface area (Å²) in [6, 6.07) is 5.09. The van der Waals surface area contributed by atoms with E-state index < -0.39 is 4.92 Å². The van der Waals surface area contributed by atoms with Crippen molar-refractivity contribution in [3.05, 3.63) is 28.3 Å². The Labute approximate surface area is 101 Å². The number of nitro benzene ring substituents is 1. The molecule has 0 aromatic heterocycles. The summed E-state index contributed by atoms with van der Waals surface area (Å²) >= 11 is 0. The number of nitro groups is 1. The van der Waals surface area contributed by atoms with E-state index >= 15 is 0 Å². The fourth-order valence-corrected chi connectivity index (χ4v) is 1.35. The molecule has 0 saturated heterocycles. The lowest BCUT2D eigenvalue weighted by molar-refractivity contribution is -0.385. The Morgan fingerprint density at radius 3 is 2.47 bits per heavy atom. The fraction of sp³-hybridized carbons (Fsp3) is 0.500. The summed E-state index contributed by atoms with van der Waals surface area (Å²) in [5.74, 6) is 0.757. The number of benzene rings is 1. The van der Waals surface area contributed by atoms with Crippen LogP contribution in [0.3, 0.4) is 0 Å². The van der Waals surface area contributed by atoms with Gasteiger partial charge < -0.3 is 10.1 Å². The Balaban J connectivity index is 2.94. The van der Waals surface area contributed by atoms with Gasteiger partial charge in [-0.2, -0.15) is 0 Å². The van der Waals surface area contributed by atoms with Gasteiger partial charge in [0.25, 0.3) is 0 Å². The first-order valence-electron chi connectivity index (χ1n) is 5.54. The van der Waals surface area contributed by atoms with Gasteiger partial charge in [-0.1, -0.05) is 13.8 Å². The Bertz CT molecular complexity index is 405. The molecule has 1 aromatic carbocycles. The van der Waals surface area contributed by atoms with E-state index in [0.717, 1.165) is 5.69 Å². The highest BCUT2D eigenvalue weighted by molar-refractivity contribution is 5.58. The molecule has 0 aliphatic carbocycles. The molecule has 0 radical (unpaired) electrons. The number of rotatable bonds is 5. The van der Waals surface area contributed by atoms with Crippen molar-refractivity contribution < 1.29 is 9.66 Å². The van der Waals surface area contributed by atoms with Crippen LogP contribution in [0.15, 0.2) is 18.2 Å². The summed E-state index contributed by atoms with van der Waals surface area (Å²) in [7, 11) is 1.43. The first-order valence-corrected chi connectivity index (χ1v) is 5.54. The van der Waals surface area contributed by atoms with Gasteiger partial charge in [0.15, 0.2) is 5.75 Å². The van der Waals surface area contributed by atoms with Crippen LogP contribution in [0.25, 0.3) is 0 Å². The zero-order valence-corrected chi connectivity index (χ0v) is 10.6. The number of nitrogens with zero attached hydrogens (tertiary/aromatic N) is 1. The van der Waals surface area contributed by atoms with Crippen LogP contribution in [0.4, 0.5) is 11.4 Å². The number of hydrogen-bond donors (Lipinski definition) is 1. The third kappa shape index (κ3) is 3.34. The van der Waals surface area contributed by atoms with E-state index in [9.17, 15) is 10.1 Å². The molecule has 0 aliphatic heterocycles. The van der Waals surface area contributed by atoms with Gasteiger partial charge in [0.1, 0.15) is 0 Å². The van der Waals surface area contributed by atoms with Crippen LogP contribution in [0.2, 0.25) is 0 Å². The van der Waals surface area contributed by atoms with Gasteiger partial charge >= 0.3 is 5.69 Å². The number of anilines is 1. The topological polar surface area (TPSA) is 64.4 Å². The van der Waals surface area contributed by atoms with Crippen molar-refractivity contribution >= 4 is 11.4 Å². The molecule has 17 heavy (non-hydrogen) atoms. The second kappa shape index (κ2) is 5.52. The van der Waals surface area contributed by atoms with Crippen LogP contribution < -0.4 is 10.1 Å². The molecule has 5 nitrogen and oxygen atoms in total. The molecular weight excluding hydrogens is 220 g/mol. The van der Waals surface area contributed by atoms with Crippen LogP contribution in [0.5, 0.6) is 5.75 Å². The number of methoxy groups -OCH3 is 1. The minimum atomic E-state index is -0.450. The molecule has 0 aliphatic rings. The Morgan fingerprint density at radius 2 is 2.00 bits per heavy atom. The Hall–Kier alpha value is -1.78. The van der Waals surface area contributed by atoms with Crippen molar-refractivity contribution in [1.29, 1.82) is 0 Å². The summed E-state index contributed by atoms with van der Waals surface area (Å²) in [5, 5.41) is 14.0. The molecular formula is C12H18N2O3. The number of nitrogens with one attached hydrogen (secondary N) is 1.